The van der Waals surface area contributed by atoms with Crippen LogP contribution < -0.4 is 4.74 Å². The number of ether oxygens (including phenoxy) is 1. The SMILES string of the molecule is COc1cc(C(=O)N2CCC(C(F)(F)F)CC2)cc(Cl)n1. The number of nitrogens with zero attached hydrogens (tertiary/aromatic N) is 2. The Kier molecular flexibility index (Phi) is 4.61. The molecule has 1 saturated heterocycles. The minimum Gasteiger partial charge on any atom is -0.481 e. The van der Waals surface area contributed by atoms with Crippen molar-refractivity contribution < 1.29 is 22.7 Å². The Balaban J connectivity index is 2.07. The van der Waals surface area contributed by atoms with Crippen LogP contribution in [0, 0.1) is 5.92 Å². The summed E-state index contributed by atoms with van der Waals surface area (Å²) >= 11 is 5.78. The largest absolute Gasteiger partial charge is 0.481 e. The van der Waals surface area contributed by atoms with Gasteiger partial charge >= 0.3 is 6.18 Å². The Bertz CT molecular complexity index is 529. The summed E-state index contributed by atoms with van der Waals surface area (Å²) < 4.78 is 42.7. The maximum Gasteiger partial charge on any atom is 0.391 e. The van der Waals surface area contributed by atoms with Crippen molar-refractivity contribution >= 4 is 17.5 Å². The smallest absolute Gasteiger partial charge is 0.391 e. The van der Waals surface area contributed by atoms with E-state index in [1.165, 1.54) is 24.1 Å². The van der Waals surface area contributed by atoms with Crippen LogP contribution in [0.25, 0.3) is 0 Å². The molecule has 0 N–H and O–H groups in total. The summed E-state index contributed by atoms with van der Waals surface area (Å²) in [6, 6.07) is 2.80. The van der Waals surface area contributed by atoms with Crippen molar-refractivity contribution in [3.05, 3.63) is 22.8 Å². The summed E-state index contributed by atoms with van der Waals surface area (Å²) in [6.07, 6.45) is -4.35. The summed E-state index contributed by atoms with van der Waals surface area (Å²) in [4.78, 5) is 17.5. The number of methoxy groups -OCH3 is 1. The first kappa shape index (κ1) is 15.9. The van der Waals surface area contributed by atoms with Gasteiger partial charge in [0, 0.05) is 24.7 Å². The lowest BCUT2D eigenvalue weighted by atomic mass is 9.96. The van der Waals surface area contributed by atoms with Crippen molar-refractivity contribution in [1.82, 2.24) is 9.88 Å². The van der Waals surface area contributed by atoms with Gasteiger partial charge in [0.1, 0.15) is 5.15 Å². The van der Waals surface area contributed by atoms with E-state index in [-0.39, 0.29) is 48.4 Å². The molecule has 116 valence electrons. The van der Waals surface area contributed by atoms with Crippen LogP contribution in [-0.2, 0) is 0 Å². The van der Waals surface area contributed by atoms with E-state index in [0.717, 1.165) is 0 Å². The molecule has 1 aromatic rings. The molecule has 8 heteroatoms. The van der Waals surface area contributed by atoms with Gasteiger partial charge in [0.15, 0.2) is 0 Å². The van der Waals surface area contributed by atoms with Gasteiger partial charge in [0.2, 0.25) is 5.88 Å². The number of hydrogen-bond donors (Lipinski definition) is 0. The van der Waals surface area contributed by atoms with Gasteiger partial charge in [-0.3, -0.25) is 4.79 Å². The molecule has 0 bridgehead atoms. The van der Waals surface area contributed by atoms with E-state index in [1.807, 2.05) is 0 Å². The van der Waals surface area contributed by atoms with E-state index >= 15 is 0 Å². The van der Waals surface area contributed by atoms with Crippen molar-refractivity contribution in [2.45, 2.75) is 19.0 Å². The molecule has 1 fully saturated rings. The van der Waals surface area contributed by atoms with Crippen LogP contribution in [0.1, 0.15) is 23.2 Å². The Morgan fingerprint density at radius 3 is 2.52 bits per heavy atom. The number of hydrogen-bond acceptors (Lipinski definition) is 3. The minimum atomic E-state index is -4.20. The third-order valence-electron chi connectivity index (χ3n) is 3.47. The van der Waals surface area contributed by atoms with E-state index in [9.17, 15) is 18.0 Å². The van der Waals surface area contributed by atoms with Crippen LogP contribution in [0.5, 0.6) is 5.88 Å². The van der Waals surface area contributed by atoms with E-state index in [1.54, 1.807) is 0 Å². The molecule has 1 aromatic heterocycles. The lowest BCUT2D eigenvalue weighted by molar-refractivity contribution is -0.183. The zero-order chi connectivity index (χ0) is 15.6. The van der Waals surface area contributed by atoms with Crippen LogP contribution >= 0.6 is 11.6 Å². The lowest BCUT2D eigenvalue weighted by Crippen LogP contribution is -2.42. The maximum atomic E-state index is 12.6. The maximum absolute atomic E-state index is 12.6. The average molecular weight is 323 g/mol. The van der Waals surface area contributed by atoms with Gasteiger partial charge in [-0.2, -0.15) is 13.2 Å². The predicted octanol–water partition coefficient (Wildman–Crippen LogP) is 3.16. The van der Waals surface area contributed by atoms with Gasteiger partial charge in [0.05, 0.1) is 13.0 Å². The molecule has 1 amide bonds. The molecule has 1 aliphatic rings. The second-order valence-corrected chi connectivity index (χ2v) is 5.22. The number of rotatable bonds is 2. The zero-order valence-electron chi connectivity index (χ0n) is 11.3. The first-order valence-corrected chi connectivity index (χ1v) is 6.76. The fraction of sp³-hybridized carbons (Fsp3) is 0.538. The van der Waals surface area contributed by atoms with Crippen LogP contribution in [-0.4, -0.2) is 42.2 Å². The molecule has 0 aromatic carbocycles. The molecule has 0 saturated carbocycles. The number of likely N-dealkylation sites (tertiary alicyclic amines) is 1. The van der Waals surface area contributed by atoms with Crippen LogP contribution in [0.15, 0.2) is 12.1 Å². The van der Waals surface area contributed by atoms with Crippen molar-refractivity contribution in [2.24, 2.45) is 5.92 Å². The number of aromatic nitrogens is 1. The first-order chi connectivity index (χ1) is 9.81. The quantitative estimate of drug-likeness (QED) is 0.786. The normalized spacial score (nSPS) is 16.9. The molecule has 0 spiro atoms. The fourth-order valence-electron chi connectivity index (χ4n) is 2.29. The summed E-state index contributed by atoms with van der Waals surface area (Å²) in [6.45, 7) is 0.149. The molecule has 0 aliphatic carbocycles. The van der Waals surface area contributed by atoms with Crippen molar-refractivity contribution in [2.75, 3.05) is 20.2 Å². The summed E-state index contributed by atoms with van der Waals surface area (Å²) in [5.74, 6) is -1.51. The Hall–Kier alpha value is -1.50. The average Bonchev–Trinajstić information content (AvgIpc) is 2.45. The van der Waals surface area contributed by atoms with Crippen LogP contribution in [0.2, 0.25) is 5.15 Å². The molecule has 2 heterocycles. The standard InChI is InChI=1S/C13H14ClF3N2O2/c1-21-11-7-8(6-10(14)18-11)12(20)19-4-2-9(3-5-19)13(15,16)17/h6-7,9H,2-5H2,1H3. The van der Waals surface area contributed by atoms with Gasteiger partial charge < -0.3 is 9.64 Å². The van der Waals surface area contributed by atoms with Gasteiger partial charge in [-0.1, -0.05) is 11.6 Å². The number of carbonyl (C=O) groups is 1. The van der Waals surface area contributed by atoms with Crippen LogP contribution in [0.4, 0.5) is 13.2 Å². The van der Waals surface area contributed by atoms with Crippen molar-refractivity contribution in [1.29, 1.82) is 0 Å². The molecular weight excluding hydrogens is 309 g/mol. The van der Waals surface area contributed by atoms with Crippen LogP contribution in [0.3, 0.4) is 0 Å². The first-order valence-electron chi connectivity index (χ1n) is 6.39. The van der Waals surface area contributed by atoms with E-state index < -0.39 is 12.1 Å². The van der Waals surface area contributed by atoms with Crippen molar-refractivity contribution in [3.8, 4) is 5.88 Å². The third kappa shape index (κ3) is 3.78. The molecule has 0 unspecified atom stereocenters. The van der Waals surface area contributed by atoms with E-state index in [0.29, 0.717) is 0 Å². The number of carbonyl (C=O) groups excluding carboxylic acids is 1. The zero-order valence-corrected chi connectivity index (χ0v) is 12.0. The predicted molar refractivity (Wildman–Crippen MR) is 70.5 cm³/mol. The number of alkyl halides is 3. The highest BCUT2D eigenvalue weighted by atomic mass is 35.5. The van der Waals surface area contributed by atoms with E-state index in [2.05, 4.69) is 4.98 Å². The topological polar surface area (TPSA) is 42.4 Å². The molecule has 0 atom stereocenters. The minimum absolute atomic E-state index is 0.0747. The lowest BCUT2D eigenvalue weighted by Gasteiger charge is -2.33. The van der Waals surface area contributed by atoms with E-state index in [4.69, 9.17) is 16.3 Å². The molecule has 4 nitrogen and oxygen atoms in total. The summed E-state index contributed by atoms with van der Waals surface area (Å²) in [5, 5.41) is 0.0999. The number of pyridine rings is 1. The highest BCUT2D eigenvalue weighted by Crippen LogP contribution is 2.34. The Morgan fingerprint density at radius 1 is 1.38 bits per heavy atom. The molecule has 2 rings (SSSR count). The molecule has 0 radical (unpaired) electrons. The highest BCUT2D eigenvalue weighted by molar-refractivity contribution is 6.29. The summed E-state index contributed by atoms with van der Waals surface area (Å²) in [7, 11) is 1.39. The van der Waals surface area contributed by atoms with Gasteiger partial charge in [0.25, 0.3) is 5.91 Å². The highest BCUT2D eigenvalue weighted by Gasteiger charge is 2.41. The third-order valence-corrected chi connectivity index (χ3v) is 3.67. The number of piperidine rings is 1. The summed E-state index contributed by atoms with van der Waals surface area (Å²) in [5.41, 5.74) is 0.261. The monoisotopic (exact) mass is 322 g/mol. The van der Waals surface area contributed by atoms with Crippen molar-refractivity contribution in [3.63, 3.8) is 0 Å². The fourth-order valence-corrected chi connectivity index (χ4v) is 2.49. The Morgan fingerprint density at radius 2 is 2.00 bits per heavy atom. The van der Waals surface area contributed by atoms with Gasteiger partial charge in [-0.25, -0.2) is 4.98 Å². The molecular formula is C13H14ClF3N2O2. The van der Waals surface area contributed by atoms with Gasteiger partial charge in [-0.15, -0.1) is 0 Å². The number of halogens is 4. The second kappa shape index (κ2) is 6.09. The number of amides is 1. The Labute approximate surface area is 124 Å². The molecule has 21 heavy (non-hydrogen) atoms. The van der Waals surface area contributed by atoms with Gasteiger partial charge in [-0.05, 0) is 18.9 Å². The molecule has 1 aliphatic heterocycles. The second-order valence-electron chi connectivity index (χ2n) is 4.83.